The first-order chi connectivity index (χ1) is 10.3. The normalized spacial score (nSPS) is 21.2. The smallest absolute Gasteiger partial charge is 0.0605 e. The molecule has 2 aliphatic rings. The zero-order chi connectivity index (χ0) is 14.7. The van der Waals surface area contributed by atoms with E-state index in [2.05, 4.69) is 53.5 Å². The van der Waals surface area contributed by atoms with Crippen LogP contribution in [-0.2, 0) is 0 Å². The third-order valence-electron chi connectivity index (χ3n) is 5.35. The zero-order valence-electron chi connectivity index (χ0n) is 13.5. The first kappa shape index (κ1) is 14.7. The number of nitrogens with zero attached hydrogens (tertiary/aromatic N) is 2. The maximum absolute atomic E-state index is 3.61. The predicted molar refractivity (Wildman–Crippen MR) is 91.3 cm³/mol. The van der Waals surface area contributed by atoms with Crippen molar-refractivity contribution < 1.29 is 0 Å². The topological polar surface area (TPSA) is 18.5 Å². The van der Waals surface area contributed by atoms with Gasteiger partial charge in [0, 0.05) is 32.7 Å². The summed E-state index contributed by atoms with van der Waals surface area (Å²) in [5.74, 6) is 0.857. The summed E-state index contributed by atoms with van der Waals surface area (Å²) in [6.45, 7) is 3.41. The quantitative estimate of drug-likeness (QED) is 0.918. The molecule has 0 bridgehead atoms. The largest absolute Gasteiger partial charge is 0.371 e. The van der Waals surface area contributed by atoms with Crippen LogP contribution in [-0.4, -0.2) is 39.8 Å². The first-order valence-corrected chi connectivity index (χ1v) is 8.52. The summed E-state index contributed by atoms with van der Waals surface area (Å²) < 4.78 is 0. The third kappa shape index (κ3) is 3.18. The summed E-state index contributed by atoms with van der Waals surface area (Å²) in [6.07, 6.45) is 7.08. The highest BCUT2D eigenvalue weighted by atomic mass is 15.3. The van der Waals surface area contributed by atoms with Gasteiger partial charge in [-0.1, -0.05) is 31.4 Å². The van der Waals surface area contributed by atoms with Gasteiger partial charge in [-0.25, -0.2) is 0 Å². The van der Waals surface area contributed by atoms with Crippen molar-refractivity contribution in [1.82, 2.24) is 5.32 Å². The summed E-state index contributed by atoms with van der Waals surface area (Å²) in [5.41, 5.74) is 2.78. The minimum Gasteiger partial charge on any atom is -0.371 e. The Kier molecular flexibility index (Phi) is 4.69. The van der Waals surface area contributed by atoms with Gasteiger partial charge in [0.1, 0.15) is 0 Å². The minimum absolute atomic E-state index is 0.627. The molecule has 1 fully saturated rings. The Morgan fingerprint density at radius 3 is 2.52 bits per heavy atom. The zero-order valence-corrected chi connectivity index (χ0v) is 13.5. The Balaban J connectivity index is 1.73. The lowest BCUT2D eigenvalue weighted by molar-refractivity contribution is 0.279. The van der Waals surface area contributed by atoms with Crippen LogP contribution in [0.1, 0.15) is 32.1 Å². The standard InChI is InChI=1S/C18H29N3/c1-19-16(15-8-4-3-5-9-15)14-21-13-12-20(2)17-10-6-7-11-18(17)21/h6-7,10-11,15-16,19H,3-5,8-9,12-14H2,1-2H3. The van der Waals surface area contributed by atoms with Gasteiger partial charge in [-0.05, 0) is 37.9 Å². The van der Waals surface area contributed by atoms with Crippen LogP contribution in [0.5, 0.6) is 0 Å². The van der Waals surface area contributed by atoms with Crippen molar-refractivity contribution in [3.63, 3.8) is 0 Å². The average Bonchev–Trinajstić information content (AvgIpc) is 2.55. The molecule has 0 saturated heterocycles. The van der Waals surface area contributed by atoms with Gasteiger partial charge in [0.15, 0.2) is 0 Å². The molecule has 116 valence electrons. The summed E-state index contributed by atoms with van der Waals surface area (Å²) >= 11 is 0. The van der Waals surface area contributed by atoms with Crippen LogP contribution < -0.4 is 15.1 Å². The van der Waals surface area contributed by atoms with Crippen LogP contribution >= 0.6 is 0 Å². The number of rotatable bonds is 4. The lowest BCUT2D eigenvalue weighted by atomic mass is 9.83. The van der Waals surface area contributed by atoms with E-state index < -0.39 is 0 Å². The van der Waals surface area contributed by atoms with Crippen molar-refractivity contribution >= 4 is 11.4 Å². The van der Waals surface area contributed by atoms with E-state index in [-0.39, 0.29) is 0 Å². The third-order valence-corrected chi connectivity index (χ3v) is 5.35. The fourth-order valence-electron chi connectivity index (χ4n) is 4.01. The Morgan fingerprint density at radius 1 is 1.10 bits per heavy atom. The summed E-state index contributed by atoms with van der Waals surface area (Å²) in [7, 11) is 4.34. The number of likely N-dealkylation sites (N-methyl/N-ethyl adjacent to an activating group) is 2. The van der Waals surface area contributed by atoms with Gasteiger partial charge >= 0.3 is 0 Å². The molecule has 1 aromatic carbocycles. The highest BCUT2D eigenvalue weighted by Crippen LogP contribution is 2.33. The molecule has 3 nitrogen and oxygen atoms in total. The molecule has 1 atom stereocenters. The second-order valence-corrected chi connectivity index (χ2v) is 6.65. The van der Waals surface area contributed by atoms with Gasteiger partial charge in [-0.3, -0.25) is 0 Å². The molecular formula is C18H29N3. The van der Waals surface area contributed by atoms with Crippen molar-refractivity contribution in [3.05, 3.63) is 24.3 Å². The molecule has 1 saturated carbocycles. The van der Waals surface area contributed by atoms with Crippen LogP contribution in [0.15, 0.2) is 24.3 Å². The highest BCUT2D eigenvalue weighted by Gasteiger charge is 2.27. The molecule has 0 amide bonds. The first-order valence-electron chi connectivity index (χ1n) is 8.52. The van der Waals surface area contributed by atoms with Crippen LogP contribution in [0.3, 0.4) is 0 Å². The second kappa shape index (κ2) is 6.69. The maximum Gasteiger partial charge on any atom is 0.0605 e. The lowest BCUT2D eigenvalue weighted by Gasteiger charge is -2.40. The number of hydrogen-bond donors (Lipinski definition) is 1. The lowest BCUT2D eigenvalue weighted by Crippen LogP contribution is -2.48. The monoisotopic (exact) mass is 287 g/mol. The molecule has 1 aliphatic carbocycles. The van der Waals surface area contributed by atoms with Crippen molar-refractivity contribution in [2.24, 2.45) is 5.92 Å². The fourth-order valence-corrected chi connectivity index (χ4v) is 4.01. The maximum atomic E-state index is 3.61. The summed E-state index contributed by atoms with van der Waals surface area (Å²) in [4.78, 5) is 4.96. The fraction of sp³-hybridized carbons (Fsp3) is 0.667. The molecule has 0 radical (unpaired) electrons. The van der Waals surface area contributed by atoms with E-state index >= 15 is 0 Å². The van der Waals surface area contributed by atoms with Gasteiger partial charge in [0.2, 0.25) is 0 Å². The molecule has 1 heterocycles. The number of anilines is 2. The Labute approximate surface area is 129 Å². The second-order valence-electron chi connectivity index (χ2n) is 6.65. The van der Waals surface area contributed by atoms with Gasteiger partial charge in [0.25, 0.3) is 0 Å². The average molecular weight is 287 g/mol. The molecular weight excluding hydrogens is 258 g/mol. The van der Waals surface area contributed by atoms with Gasteiger partial charge in [-0.15, -0.1) is 0 Å². The SMILES string of the molecule is CNC(CN1CCN(C)c2ccccc21)C1CCCCC1. The number of hydrogen-bond acceptors (Lipinski definition) is 3. The number of para-hydroxylation sites is 2. The molecule has 3 rings (SSSR count). The summed E-state index contributed by atoms with van der Waals surface area (Å²) in [5, 5.41) is 3.61. The molecule has 0 spiro atoms. The molecule has 1 aromatic rings. The molecule has 1 N–H and O–H groups in total. The van der Waals surface area contributed by atoms with E-state index in [0.29, 0.717) is 6.04 Å². The van der Waals surface area contributed by atoms with Gasteiger partial charge in [-0.2, -0.15) is 0 Å². The molecule has 0 aromatic heterocycles. The molecule has 1 aliphatic heterocycles. The Bertz CT molecular complexity index is 454. The molecule has 3 heteroatoms. The number of nitrogens with one attached hydrogen (secondary N) is 1. The molecule has 1 unspecified atom stereocenters. The molecule has 21 heavy (non-hydrogen) atoms. The number of fused-ring (bicyclic) bond motifs is 1. The van der Waals surface area contributed by atoms with E-state index in [1.165, 1.54) is 43.5 Å². The predicted octanol–water partition coefficient (Wildman–Crippen LogP) is 3.11. The Morgan fingerprint density at radius 2 is 1.81 bits per heavy atom. The minimum atomic E-state index is 0.627. The van der Waals surface area contributed by atoms with Crippen molar-refractivity contribution in [2.75, 3.05) is 43.5 Å². The van der Waals surface area contributed by atoms with Gasteiger partial charge in [0.05, 0.1) is 11.4 Å². The van der Waals surface area contributed by atoms with Crippen molar-refractivity contribution in [3.8, 4) is 0 Å². The van der Waals surface area contributed by atoms with E-state index in [1.54, 1.807) is 0 Å². The highest BCUT2D eigenvalue weighted by molar-refractivity contribution is 5.73. The summed E-state index contributed by atoms with van der Waals surface area (Å²) in [6, 6.07) is 9.46. The van der Waals surface area contributed by atoms with Crippen molar-refractivity contribution in [2.45, 2.75) is 38.1 Å². The van der Waals surface area contributed by atoms with E-state index in [4.69, 9.17) is 0 Å². The van der Waals surface area contributed by atoms with Crippen LogP contribution in [0.25, 0.3) is 0 Å². The van der Waals surface area contributed by atoms with E-state index in [1.807, 2.05) is 0 Å². The number of benzene rings is 1. The van der Waals surface area contributed by atoms with Crippen LogP contribution in [0.4, 0.5) is 11.4 Å². The van der Waals surface area contributed by atoms with Crippen LogP contribution in [0.2, 0.25) is 0 Å². The van der Waals surface area contributed by atoms with Crippen LogP contribution in [0, 0.1) is 5.92 Å². The van der Waals surface area contributed by atoms with E-state index in [9.17, 15) is 0 Å². The Hall–Kier alpha value is -1.22. The van der Waals surface area contributed by atoms with E-state index in [0.717, 1.165) is 25.6 Å². The van der Waals surface area contributed by atoms with Gasteiger partial charge < -0.3 is 15.1 Å². The van der Waals surface area contributed by atoms with Crippen molar-refractivity contribution in [1.29, 1.82) is 0 Å².